The zero-order chi connectivity index (χ0) is 15.7. The normalized spacial score (nSPS) is 19.1. The number of hydrogen-bond donors (Lipinski definition) is 0. The molecule has 1 aliphatic rings. The van der Waals surface area contributed by atoms with Gasteiger partial charge in [0.2, 0.25) is 0 Å². The van der Waals surface area contributed by atoms with Gasteiger partial charge in [0.25, 0.3) is 0 Å². The van der Waals surface area contributed by atoms with Crippen LogP contribution >= 0.6 is 15.9 Å². The van der Waals surface area contributed by atoms with Gasteiger partial charge in [-0.3, -0.25) is 4.90 Å². The molecule has 1 atom stereocenters. The lowest BCUT2D eigenvalue weighted by molar-refractivity contribution is 0.179. The third-order valence-electron chi connectivity index (χ3n) is 4.29. The van der Waals surface area contributed by atoms with Crippen molar-refractivity contribution in [2.75, 3.05) is 18.8 Å². The van der Waals surface area contributed by atoms with E-state index in [9.17, 15) is 8.42 Å². The molecular formula is C16H19BrN2O2S. The summed E-state index contributed by atoms with van der Waals surface area (Å²) in [6.07, 6.45) is 2.09. The molecule has 1 aliphatic heterocycles. The van der Waals surface area contributed by atoms with Gasteiger partial charge in [0.05, 0.1) is 10.6 Å². The number of benzene rings is 1. The van der Waals surface area contributed by atoms with Gasteiger partial charge >= 0.3 is 0 Å². The van der Waals surface area contributed by atoms with Gasteiger partial charge in [0, 0.05) is 42.0 Å². The third-order valence-corrected chi connectivity index (χ3v) is 6.53. The van der Waals surface area contributed by atoms with Gasteiger partial charge in [-0.25, -0.2) is 8.42 Å². The molecule has 118 valence electrons. The van der Waals surface area contributed by atoms with E-state index in [0.29, 0.717) is 11.4 Å². The van der Waals surface area contributed by atoms with Crippen LogP contribution in [0.25, 0.3) is 0 Å². The minimum Gasteiger partial charge on any atom is -0.349 e. The summed E-state index contributed by atoms with van der Waals surface area (Å²) in [5.74, 6) is 0.152. The summed E-state index contributed by atoms with van der Waals surface area (Å²) in [4.78, 5) is 2.63. The number of aromatic nitrogens is 1. The molecule has 2 heterocycles. The maximum atomic E-state index is 12.4. The molecule has 1 aromatic carbocycles. The van der Waals surface area contributed by atoms with E-state index < -0.39 is 9.84 Å². The zero-order valence-corrected chi connectivity index (χ0v) is 14.8. The van der Waals surface area contributed by atoms with Crippen molar-refractivity contribution in [3.8, 4) is 0 Å². The quantitative estimate of drug-likeness (QED) is 0.815. The lowest BCUT2D eigenvalue weighted by Gasteiger charge is -2.34. The van der Waals surface area contributed by atoms with Crippen molar-refractivity contribution in [3.05, 3.63) is 52.8 Å². The van der Waals surface area contributed by atoms with E-state index in [4.69, 9.17) is 0 Å². The summed E-state index contributed by atoms with van der Waals surface area (Å²) in [5.41, 5.74) is 1.26. The van der Waals surface area contributed by atoms with Gasteiger partial charge < -0.3 is 4.57 Å². The number of sulfone groups is 1. The SMILES string of the molecule is C[C@@H]1c2cccn2CCN1CCS(=O)(=O)c1ccc(Br)cc1. The van der Waals surface area contributed by atoms with E-state index in [2.05, 4.69) is 44.6 Å². The van der Waals surface area contributed by atoms with Crippen LogP contribution in [0.4, 0.5) is 0 Å². The predicted octanol–water partition coefficient (Wildman–Crippen LogP) is 3.10. The molecule has 0 saturated carbocycles. The standard InChI is InChI=1S/C16H19BrN2O2S/c1-13-16-3-2-8-19(16)10-9-18(13)11-12-22(20,21)15-6-4-14(17)5-7-15/h2-8,13H,9-12H2,1H3/t13-/m1/s1. The van der Waals surface area contributed by atoms with Crippen LogP contribution in [-0.2, 0) is 16.4 Å². The van der Waals surface area contributed by atoms with Crippen molar-refractivity contribution >= 4 is 25.8 Å². The fraction of sp³-hybridized carbons (Fsp3) is 0.375. The summed E-state index contributed by atoms with van der Waals surface area (Å²) in [6, 6.07) is 11.3. The first-order valence-corrected chi connectivity index (χ1v) is 9.79. The lowest BCUT2D eigenvalue weighted by atomic mass is 10.1. The minimum atomic E-state index is -3.23. The number of nitrogens with zero attached hydrogens (tertiary/aromatic N) is 2. The van der Waals surface area contributed by atoms with Crippen LogP contribution in [0.5, 0.6) is 0 Å². The molecule has 0 fully saturated rings. The van der Waals surface area contributed by atoms with Gasteiger partial charge in [-0.05, 0) is 43.3 Å². The van der Waals surface area contributed by atoms with Gasteiger partial charge in [0.1, 0.15) is 0 Å². The number of rotatable bonds is 4. The highest BCUT2D eigenvalue weighted by atomic mass is 79.9. The Hall–Kier alpha value is -1.11. The summed E-state index contributed by atoms with van der Waals surface area (Å²) in [5, 5.41) is 0. The van der Waals surface area contributed by atoms with Crippen LogP contribution in [0, 0.1) is 0 Å². The number of halogens is 1. The second-order valence-corrected chi connectivity index (χ2v) is 8.64. The van der Waals surface area contributed by atoms with Crippen molar-refractivity contribution < 1.29 is 8.42 Å². The summed E-state index contributed by atoms with van der Waals surface area (Å²) >= 11 is 3.33. The molecular weight excluding hydrogens is 364 g/mol. The Bertz CT molecular complexity index is 753. The first-order valence-electron chi connectivity index (χ1n) is 7.35. The Morgan fingerprint density at radius 2 is 1.91 bits per heavy atom. The number of fused-ring (bicyclic) bond motifs is 1. The molecule has 0 aliphatic carbocycles. The maximum Gasteiger partial charge on any atom is 0.179 e. The smallest absolute Gasteiger partial charge is 0.179 e. The Kier molecular flexibility index (Phi) is 4.43. The van der Waals surface area contributed by atoms with E-state index in [0.717, 1.165) is 17.6 Å². The highest BCUT2D eigenvalue weighted by Crippen LogP contribution is 2.25. The molecule has 0 bridgehead atoms. The summed E-state index contributed by atoms with van der Waals surface area (Å²) < 4.78 is 28.0. The topological polar surface area (TPSA) is 42.3 Å². The largest absolute Gasteiger partial charge is 0.349 e. The average Bonchev–Trinajstić information content (AvgIpc) is 2.96. The van der Waals surface area contributed by atoms with Crippen LogP contribution < -0.4 is 0 Å². The first kappa shape index (κ1) is 15.8. The minimum absolute atomic E-state index is 0.152. The molecule has 1 aromatic heterocycles. The molecule has 0 unspecified atom stereocenters. The third kappa shape index (κ3) is 3.14. The van der Waals surface area contributed by atoms with Crippen LogP contribution in [0.3, 0.4) is 0 Å². The Balaban J connectivity index is 1.69. The highest BCUT2D eigenvalue weighted by molar-refractivity contribution is 9.10. The van der Waals surface area contributed by atoms with E-state index in [-0.39, 0.29) is 11.8 Å². The van der Waals surface area contributed by atoms with Crippen molar-refractivity contribution in [2.45, 2.75) is 24.4 Å². The Labute approximate surface area is 139 Å². The molecule has 0 N–H and O–H groups in total. The molecule has 0 amide bonds. The zero-order valence-electron chi connectivity index (χ0n) is 12.4. The van der Waals surface area contributed by atoms with Crippen LogP contribution in [0.15, 0.2) is 52.0 Å². The molecule has 0 spiro atoms. The first-order chi connectivity index (χ1) is 10.5. The summed E-state index contributed by atoms with van der Waals surface area (Å²) in [7, 11) is -3.23. The Morgan fingerprint density at radius 3 is 2.64 bits per heavy atom. The fourth-order valence-corrected chi connectivity index (χ4v) is 4.46. The molecule has 6 heteroatoms. The molecule has 3 rings (SSSR count). The maximum absolute atomic E-state index is 12.4. The van der Waals surface area contributed by atoms with E-state index in [1.807, 2.05) is 6.07 Å². The van der Waals surface area contributed by atoms with Crippen molar-refractivity contribution in [2.24, 2.45) is 0 Å². The summed E-state index contributed by atoms with van der Waals surface area (Å²) in [6.45, 7) is 4.51. The number of hydrogen-bond acceptors (Lipinski definition) is 3. The molecule has 0 radical (unpaired) electrons. The Morgan fingerprint density at radius 1 is 1.18 bits per heavy atom. The molecule has 2 aromatic rings. The predicted molar refractivity (Wildman–Crippen MR) is 90.6 cm³/mol. The average molecular weight is 383 g/mol. The van der Waals surface area contributed by atoms with E-state index in [1.165, 1.54) is 5.69 Å². The van der Waals surface area contributed by atoms with Crippen LogP contribution in [0.2, 0.25) is 0 Å². The van der Waals surface area contributed by atoms with Crippen LogP contribution in [0.1, 0.15) is 18.7 Å². The van der Waals surface area contributed by atoms with E-state index in [1.54, 1.807) is 24.3 Å². The monoisotopic (exact) mass is 382 g/mol. The highest BCUT2D eigenvalue weighted by Gasteiger charge is 2.25. The van der Waals surface area contributed by atoms with Crippen molar-refractivity contribution in [3.63, 3.8) is 0 Å². The van der Waals surface area contributed by atoms with Gasteiger partial charge in [-0.15, -0.1) is 0 Å². The van der Waals surface area contributed by atoms with E-state index >= 15 is 0 Å². The van der Waals surface area contributed by atoms with Gasteiger partial charge in [-0.2, -0.15) is 0 Å². The second kappa shape index (κ2) is 6.18. The fourth-order valence-electron chi connectivity index (χ4n) is 2.93. The van der Waals surface area contributed by atoms with Crippen molar-refractivity contribution in [1.82, 2.24) is 9.47 Å². The second-order valence-electron chi connectivity index (χ2n) is 5.61. The van der Waals surface area contributed by atoms with Gasteiger partial charge in [-0.1, -0.05) is 15.9 Å². The van der Waals surface area contributed by atoms with Gasteiger partial charge in [0.15, 0.2) is 9.84 Å². The molecule has 4 nitrogen and oxygen atoms in total. The van der Waals surface area contributed by atoms with Crippen LogP contribution in [-0.4, -0.2) is 36.7 Å². The molecule has 22 heavy (non-hydrogen) atoms. The lowest BCUT2D eigenvalue weighted by Crippen LogP contribution is -2.39. The van der Waals surface area contributed by atoms with Crippen molar-refractivity contribution in [1.29, 1.82) is 0 Å². The molecule has 0 saturated heterocycles.